The quantitative estimate of drug-likeness (QED) is 0.875. The smallest absolute Gasteiger partial charge is 0.129 e. The molecule has 1 unspecified atom stereocenters. The minimum Gasteiger partial charge on any atom is -0.382 e. The molecule has 0 aliphatic heterocycles. The molecule has 0 fully saturated rings. The molecule has 84 valence electrons. The van der Waals surface area contributed by atoms with Gasteiger partial charge < -0.3 is 5.11 Å². The molecule has 1 aromatic carbocycles. The highest BCUT2D eigenvalue weighted by molar-refractivity contribution is 6.30. The average molecular weight is 241 g/mol. The van der Waals surface area contributed by atoms with Crippen molar-refractivity contribution >= 4 is 11.6 Å². The molecule has 16 heavy (non-hydrogen) atoms. The molecule has 0 bridgehead atoms. The molecule has 0 amide bonds. The summed E-state index contributed by atoms with van der Waals surface area (Å²) < 4.78 is 15.0. The van der Waals surface area contributed by atoms with Gasteiger partial charge in [0.1, 0.15) is 11.9 Å². The first-order chi connectivity index (χ1) is 7.59. The maximum absolute atomic E-state index is 13.5. The van der Waals surface area contributed by atoms with Crippen molar-refractivity contribution in [3.63, 3.8) is 0 Å². The molecular weight excluding hydrogens is 231 g/mol. The topological polar surface area (TPSA) is 38.0 Å². The normalized spacial score (nSPS) is 12.8. The standard InChI is InChI=1S/C11H10ClFN2O/c1-15-10(4-5-14-15)11(16)8-6-7(12)2-3-9(8)13/h2-6,11,16H,1H3. The molecule has 2 rings (SSSR count). The van der Waals surface area contributed by atoms with Crippen molar-refractivity contribution < 1.29 is 9.50 Å². The van der Waals surface area contributed by atoms with Gasteiger partial charge in [0.05, 0.1) is 5.69 Å². The summed E-state index contributed by atoms with van der Waals surface area (Å²) in [6.45, 7) is 0. The van der Waals surface area contributed by atoms with Crippen LogP contribution in [0, 0.1) is 5.82 Å². The van der Waals surface area contributed by atoms with Gasteiger partial charge >= 0.3 is 0 Å². The van der Waals surface area contributed by atoms with Crippen LogP contribution in [0.5, 0.6) is 0 Å². The van der Waals surface area contributed by atoms with Crippen LogP contribution in [-0.2, 0) is 7.05 Å². The van der Waals surface area contributed by atoms with Crippen molar-refractivity contribution in [1.82, 2.24) is 9.78 Å². The average Bonchev–Trinajstić information content (AvgIpc) is 2.67. The molecular formula is C11H10ClFN2O. The Morgan fingerprint density at radius 3 is 2.81 bits per heavy atom. The van der Waals surface area contributed by atoms with Gasteiger partial charge in [-0.15, -0.1) is 0 Å². The zero-order chi connectivity index (χ0) is 11.7. The number of aliphatic hydroxyl groups excluding tert-OH is 1. The molecule has 1 atom stereocenters. The van der Waals surface area contributed by atoms with Crippen LogP contribution in [0.4, 0.5) is 4.39 Å². The first kappa shape index (κ1) is 11.1. The third kappa shape index (κ3) is 1.94. The molecule has 2 aromatic rings. The second-order valence-corrected chi connectivity index (χ2v) is 3.88. The maximum Gasteiger partial charge on any atom is 0.129 e. The van der Waals surface area contributed by atoms with Crippen LogP contribution in [0.25, 0.3) is 0 Å². The summed E-state index contributed by atoms with van der Waals surface area (Å²) in [5.74, 6) is -0.488. The van der Waals surface area contributed by atoms with E-state index in [4.69, 9.17) is 11.6 Å². The van der Waals surface area contributed by atoms with Gasteiger partial charge in [-0.2, -0.15) is 5.10 Å². The van der Waals surface area contributed by atoms with Crippen molar-refractivity contribution in [1.29, 1.82) is 0 Å². The van der Waals surface area contributed by atoms with Gasteiger partial charge in [0.2, 0.25) is 0 Å². The Labute approximate surface area is 97.1 Å². The Morgan fingerprint density at radius 2 is 2.19 bits per heavy atom. The van der Waals surface area contributed by atoms with Crippen molar-refractivity contribution in [3.05, 3.63) is 52.6 Å². The third-order valence-electron chi connectivity index (χ3n) is 2.39. The molecule has 0 aliphatic rings. The van der Waals surface area contributed by atoms with Crippen LogP contribution in [0.1, 0.15) is 17.4 Å². The van der Waals surface area contributed by atoms with Crippen molar-refractivity contribution in [2.24, 2.45) is 7.05 Å². The zero-order valence-corrected chi connectivity index (χ0v) is 9.32. The van der Waals surface area contributed by atoms with Crippen LogP contribution in [0.3, 0.4) is 0 Å². The van der Waals surface area contributed by atoms with Crippen molar-refractivity contribution in [2.75, 3.05) is 0 Å². The Bertz CT molecular complexity index is 512. The molecule has 1 heterocycles. The second-order valence-electron chi connectivity index (χ2n) is 3.45. The minimum absolute atomic E-state index is 0.149. The summed E-state index contributed by atoms with van der Waals surface area (Å²) in [4.78, 5) is 0. The van der Waals surface area contributed by atoms with E-state index < -0.39 is 11.9 Å². The van der Waals surface area contributed by atoms with E-state index in [9.17, 15) is 9.50 Å². The summed E-state index contributed by atoms with van der Waals surface area (Å²) in [5, 5.41) is 14.3. The van der Waals surface area contributed by atoms with E-state index in [-0.39, 0.29) is 5.56 Å². The number of aryl methyl sites for hydroxylation is 1. The first-order valence-corrected chi connectivity index (χ1v) is 5.08. The van der Waals surface area contributed by atoms with Crippen molar-refractivity contribution in [3.8, 4) is 0 Å². The maximum atomic E-state index is 13.5. The summed E-state index contributed by atoms with van der Waals surface area (Å²) in [6, 6.07) is 5.72. The number of hydrogen-bond donors (Lipinski definition) is 1. The molecule has 0 aliphatic carbocycles. The zero-order valence-electron chi connectivity index (χ0n) is 8.56. The summed E-state index contributed by atoms with van der Waals surface area (Å²) in [7, 11) is 1.68. The van der Waals surface area contributed by atoms with Gasteiger partial charge in [-0.3, -0.25) is 4.68 Å². The van der Waals surface area contributed by atoms with Gasteiger partial charge in [-0.05, 0) is 24.3 Å². The Morgan fingerprint density at radius 1 is 1.44 bits per heavy atom. The first-order valence-electron chi connectivity index (χ1n) is 4.70. The molecule has 1 N–H and O–H groups in total. The predicted octanol–water partition coefficient (Wildman–Crippen LogP) is 2.29. The van der Waals surface area contributed by atoms with E-state index in [1.165, 1.54) is 22.9 Å². The Kier molecular flexibility index (Phi) is 2.94. The van der Waals surface area contributed by atoms with Gasteiger partial charge in [-0.25, -0.2) is 4.39 Å². The lowest BCUT2D eigenvalue weighted by Gasteiger charge is -2.12. The highest BCUT2D eigenvalue weighted by Gasteiger charge is 2.18. The lowest BCUT2D eigenvalue weighted by Crippen LogP contribution is -2.08. The fraction of sp³-hybridized carbons (Fsp3) is 0.182. The molecule has 0 spiro atoms. The lowest BCUT2D eigenvalue weighted by molar-refractivity contribution is 0.204. The summed E-state index contributed by atoms with van der Waals surface area (Å²) >= 11 is 5.76. The highest BCUT2D eigenvalue weighted by Crippen LogP contribution is 2.26. The van der Waals surface area contributed by atoms with Crippen molar-refractivity contribution in [2.45, 2.75) is 6.10 Å². The Hall–Kier alpha value is -1.39. The van der Waals surface area contributed by atoms with Gasteiger partial charge in [-0.1, -0.05) is 11.6 Å². The molecule has 0 radical (unpaired) electrons. The van der Waals surface area contributed by atoms with Gasteiger partial charge in [0.15, 0.2) is 0 Å². The summed E-state index contributed by atoms with van der Waals surface area (Å²) in [5.41, 5.74) is 0.664. The van der Waals surface area contributed by atoms with Crippen LogP contribution in [-0.4, -0.2) is 14.9 Å². The minimum atomic E-state index is -1.06. The molecule has 0 saturated carbocycles. The highest BCUT2D eigenvalue weighted by atomic mass is 35.5. The number of benzene rings is 1. The van der Waals surface area contributed by atoms with Crippen LogP contribution in [0.2, 0.25) is 5.02 Å². The van der Waals surface area contributed by atoms with Crippen LogP contribution < -0.4 is 0 Å². The summed E-state index contributed by atoms with van der Waals surface area (Å²) in [6.07, 6.45) is 0.479. The van der Waals surface area contributed by atoms with Crippen LogP contribution >= 0.6 is 11.6 Å². The molecule has 5 heteroatoms. The number of halogens is 2. The van der Waals surface area contributed by atoms with E-state index >= 15 is 0 Å². The largest absolute Gasteiger partial charge is 0.382 e. The van der Waals surface area contributed by atoms with Gasteiger partial charge in [0, 0.05) is 23.8 Å². The number of aromatic nitrogens is 2. The lowest BCUT2D eigenvalue weighted by atomic mass is 10.1. The van der Waals surface area contributed by atoms with E-state index in [1.54, 1.807) is 19.3 Å². The SMILES string of the molecule is Cn1nccc1C(O)c1cc(Cl)ccc1F. The molecule has 0 saturated heterocycles. The van der Waals surface area contributed by atoms with Gasteiger partial charge in [0.25, 0.3) is 0 Å². The Balaban J connectivity index is 2.45. The van der Waals surface area contributed by atoms with E-state index in [1.807, 2.05) is 0 Å². The third-order valence-corrected chi connectivity index (χ3v) is 2.63. The number of rotatable bonds is 2. The predicted molar refractivity (Wildman–Crippen MR) is 58.7 cm³/mol. The van der Waals surface area contributed by atoms with E-state index in [0.717, 1.165) is 0 Å². The monoisotopic (exact) mass is 240 g/mol. The van der Waals surface area contributed by atoms with Crippen LogP contribution in [0.15, 0.2) is 30.5 Å². The molecule has 1 aromatic heterocycles. The fourth-order valence-corrected chi connectivity index (χ4v) is 1.72. The molecule has 3 nitrogen and oxygen atoms in total. The number of nitrogens with zero attached hydrogens (tertiary/aromatic N) is 2. The van der Waals surface area contributed by atoms with E-state index in [0.29, 0.717) is 10.7 Å². The fourth-order valence-electron chi connectivity index (χ4n) is 1.54. The number of hydrogen-bond acceptors (Lipinski definition) is 2. The second kappa shape index (κ2) is 4.23. The number of aliphatic hydroxyl groups is 1. The van der Waals surface area contributed by atoms with E-state index in [2.05, 4.69) is 5.10 Å².